The summed E-state index contributed by atoms with van der Waals surface area (Å²) in [6, 6.07) is -0.348. The van der Waals surface area contributed by atoms with Crippen molar-refractivity contribution in [3.63, 3.8) is 0 Å². The molecule has 0 spiro atoms. The van der Waals surface area contributed by atoms with Gasteiger partial charge in [-0.2, -0.15) is 4.39 Å². The molecule has 2 atom stereocenters. The molecule has 0 aromatic carbocycles. The number of nitrogens with one attached hydrogen (secondary N) is 1. The van der Waals surface area contributed by atoms with Gasteiger partial charge in [-0.05, 0) is 19.3 Å². The molecule has 1 saturated carbocycles. The molecule has 7 heteroatoms. The maximum absolute atomic E-state index is 13.2. The number of rotatable bonds is 2. The predicted molar refractivity (Wildman–Crippen MR) is 56.6 cm³/mol. The SMILES string of the molecule is COC1CCC(n2c(O)c(F)c(=O)[nH]c2=O)C1. The third-order valence-electron chi connectivity index (χ3n) is 3.12. The molecule has 17 heavy (non-hydrogen) atoms. The second kappa shape index (κ2) is 4.33. The minimum Gasteiger partial charge on any atom is -0.492 e. The second-order valence-electron chi connectivity index (χ2n) is 4.09. The van der Waals surface area contributed by atoms with Crippen LogP contribution in [0.4, 0.5) is 4.39 Å². The van der Waals surface area contributed by atoms with Gasteiger partial charge in [0.2, 0.25) is 11.7 Å². The molecule has 0 bridgehead atoms. The van der Waals surface area contributed by atoms with Gasteiger partial charge >= 0.3 is 5.69 Å². The number of ether oxygens (including phenoxy) is 1. The van der Waals surface area contributed by atoms with Crippen LogP contribution in [-0.4, -0.2) is 27.9 Å². The van der Waals surface area contributed by atoms with E-state index in [0.717, 1.165) is 11.0 Å². The average molecular weight is 244 g/mol. The summed E-state index contributed by atoms with van der Waals surface area (Å²) in [7, 11) is 1.56. The van der Waals surface area contributed by atoms with E-state index in [2.05, 4.69) is 0 Å². The summed E-state index contributed by atoms with van der Waals surface area (Å²) < 4.78 is 19.2. The van der Waals surface area contributed by atoms with Crippen LogP contribution in [0.5, 0.6) is 5.88 Å². The van der Waals surface area contributed by atoms with Gasteiger partial charge in [0.1, 0.15) is 0 Å². The average Bonchev–Trinajstić information content (AvgIpc) is 2.74. The van der Waals surface area contributed by atoms with Gasteiger partial charge < -0.3 is 9.84 Å². The first-order valence-corrected chi connectivity index (χ1v) is 5.30. The molecule has 1 aromatic rings. The van der Waals surface area contributed by atoms with Crippen molar-refractivity contribution < 1.29 is 14.2 Å². The van der Waals surface area contributed by atoms with E-state index < -0.39 is 22.9 Å². The van der Waals surface area contributed by atoms with Crippen molar-refractivity contribution >= 4 is 0 Å². The van der Waals surface area contributed by atoms with Crippen molar-refractivity contribution in [1.29, 1.82) is 0 Å². The number of aromatic hydroxyl groups is 1. The highest BCUT2D eigenvalue weighted by atomic mass is 19.1. The molecular formula is C10H13FN2O4. The third kappa shape index (κ3) is 1.97. The summed E-state index contributed by atoms with van der Waals surface area (Å²) in [6.07, 6.45) is 1.82. The Balaban J connectivity index is 2.44. The van der Waals surface area contributed by atoms with Gasteiger partial charge in [-0.3, -0.25) is 14.3 Å². The zero-order valence-electron chi connectivity index (χ0n) is 9.27. The molecule has 1 aliphatic carbocycles. The zero-order chi connectivity index (χ0) is 12.6. The Morgan fingerprint density at radius 2 is 2.18 bits per heavy atom. The molecule has 0 aliphatic heterocycles. The number of H-pyrrole nitrogens is 1. The van der Waals surface area contributed by atoms with Gasteiger partial charge in [0, 0.05) is 13.2 Å². The standard InChI is InChI=1S/C10H13FN2O4/c1-17-6-3-2-5(4-6)13-9(15)7(11)8(14)12-10(13)16/h5-6,15H,2-4H2,1H3,(H,12,14,16). The van der Waals surface area contributed by atoms with Gasteiger partial charge in [0.15, 0.2) is 0 Å². The maximum atomic E-state index is 13.2. The van der Waals surface area contributed by atoms with Crippen molar-refractivity contribution in [3.05, 3.63) is 26.7 Å². The lowest BCUT2D eigenvalue weighted by molar-refractivity contribution is 0.105. The van der Waals surface area contributed by atoms with Crippen LogP contribution in [0, 0.1) is 5.82 Å². The van der Waals surface area contributed by atoms with E-state index in [1.807, 2.05) is 4.98 Å². The first kappa shape index (κ1) is 11.8. The first-order chi connectivity index (χ1) is 8.04. The quantitative estimate of drug-likeness (QED) is 0.774. The van der Waals surface area contributed by atoms with Gasteiger partial charge in [0.05, 0.1) is 6.10 Å². The highest BCUT2D eigenvalue weighted by Gasteiger charge is 2.29. The number of hydrogen-bond acceptors (Lipinski definition) is 4. The van der Waals surface area contributed by atoms with Crippen LogP contribution < -0.4 is 11.2 Å². The fraction of sp³-hybridized carbons (Fsp3) is 0.600. The maximum Gasteiger partial charge on any atom is 0.331 e. The molecule has 2 N–H and O–H groups in total. The lowest BCUT2D eigenvalue weighted by atomic mass is 10.2. The number of aromatic amines is 1. The fourth-order valence-corrected chi connectivity index (χ4v) is 2.22. The lowest BCUT2D eigenvalue weighted by Crippen LogP contribution is -2.33. The molecular weight excluding hydrogens is 231 g/mol. The molecule has 94 valence electrons. The Morgan fingerprint density at radius 1 is 1.47 bits per heavy atom. The van der Waals surface area contributed by atoms with Crippen molar-refractivity contribution in [3.8, 4) is 5.88 Å². The van der Waals surface area contributed by atoms with E-state index in [0.29, 0.717) is 12.8 Å². The third-order valence-corrected chi connectivity index (χ3v) is 3.12. The Bertz CT molecular complexity index is 536. The molecule has 1 aromatic heterocycles. The summed E-state index contributed by atoms with van der Waals surface area (Å²) in [5.74, 6) is -2.23. The van der Waals surface area contributed by atoms with Crippen molar-refractivity contribution in [2.75, 3.05) is 7.11 Å². The Morgan fingerprint density at radius 3 is 2.76 bits per heavy atom. The molecule has 0 amide bonds. The van der Waals surface area contributed by atoms with Crippen LogP contribution in [0.2, 0.25) is 0 Å². The van der Waals surface area contributed by atoms with E-state index in [1.165, 1.54) is 0 Å². The molecule has 1 fully saturated rings. The van der Waals surface area contributed by atoms with Crippen LogP contribution in [0.3, 0.4) is 0 Å². The number of halogens is 1. The van der Waals surface area contributed by atoms with Crippen LogP contribution in [0.1, 0.15) is 25.3 Å². The minimum absolute atomic E-state index is 0.0127. The normalized spacial score (nSPS) is 24.1. The molecule has 2 unspecified atom stereocenters. The molecule has 0 saturated heterocycles. The van der Waals surface area contributed by atoms with E-state index in [9.17, 15) is 19.1 Å². The van der Waals surface area contributed by atoms with Crippen molar-refractivity contribution in [2.24, 2.45) is 0 Å². The van der Waals surface area contributed by atoms with Gasteiger partial charge in [-0.1, -0.05) is 0 Å². The molecule has 0 radical (unpaired) electrons. The first-order valence-electron chi connectivity index (χ1n) is 5.30. The number of aromatic nitrogens is 2. The van der Waals surface area contributed by atoms with Crippen molar-refractivity contribution in [2.45, 2.75) is 31.4 Å². The summed E-state index contributed by atoms with van der Waals surface area (Å²) in [5.41, 5.74) is -2.00. The molecule has 6 nitrogen and oxygen atoms in total. The minimum atomic E-state index is -1.33. The van der Waals surface area contributed by atoms with E-state index >= 15 is 0 Å². The van der Waals surface area contributed by atoms with Crippen LogP contribution in [0.25, 0.3) is 0 Å². The Kier molecular flexibility index (Phi) is 3.01. The Hall–Kier alpha value is -1.63. The fourth-order valence-electron chi connectivity index (χ4n) is 2.22. The van der Waals surface area contributed by atoms with Crippen molar-refractivity contribution in [1.82, 2.24) is 9.55 Å². The monoisotopic (exact) mass is 244 g/mol. The zero-order valence-corrected chi connectivity index (χ0v) is 9.27. The van der Waals surface area contributed by atoms with Gasteiger partial charge in [0.25, 0.3) is 5.56 Å². The second-order valence-corrected chi connectivity index (χ2v) is 4.09. The summed E-state index contributed by atoms with van der Waals surface area (Å²) in [5, 5.41) is 9.51. The van der Waals surface area contributed by atoms with Crippen LogP contribution in [-0.2, 0) is 4.74 Å². The highest BCUT2D eigenvalue weighted by molar-refractivity contribution is 5.11. The summed E-state index contributed by atoms with van der Waals surface area (Å²) >= 11 is 0. The number of methoxy groups -OCH3 is 1. The molecule has 2 rings (SSSR count). The van der Waals surface area contributed by atoms with E-state index in [4.69, 9.17) is 4.74 Å². The van der Waals surface area contributed by atoms with Gasteiger partial charge in [-0.15, -0.1) is 0 Å². The van der Waals surface area contributed by atoms with Gasteiger partial charge in [-0.25, -0.2) is 4.79 Å². The Labute approximate surface area is 95.7 Å². The van der Waals surface area contributed by atoms with Crippen LogP contribution in [0.15, 0.2) is 9.59 Å². The van der Waals surface area contributed by atoms with E-state index in [-0.39, 0.29) is 12.1 Å². The van der Waals surface area contributed by atoms with Crippen LogP contribution >= 0.6 is 0 Å². The largest absolute Gasteiger partial charge is 0.492 e. The molecule has 1 aliphatic rings. The number of nitrogens with zero attached hydrogens (tertiary/aromatic N) is 1. The predicted octanol–water partition coefficient (Wildman–Crippen LogP) is 0.121. The highest BCUT2D eigenvalue weighted by Crippen LogP contribution is 2.32. The summed E-state index contributed by atoms with van der Waals surface area (Å²) in [6.45, 7) is 0. The molecule has 1 heterocycles. The topological polar surface area (TPSA) is 84.3 Å². The number of hydrogen-bond donors (Lipinski definition) is 2. The smallest absolute Gasteiger partial charge is 0.331 e. The lowest BCUT2D eigenvalue weighted by Gasteiger charge is -2.15. The van der Waals surface area contributed by atoms with E-state index in [1.54, 1.807) is 7.11 Å². The summed E-state index contributed by atoms with van der Waals surface area (Å²) in [4.78, 5) is 24.3.